The summed E-state index contributed by atoms with van der Waals surface area (Å²) < 4.78 is 24.4. The van der Waals surface area contributed by atoms with Gasteiger partial charge < -0.3 is 0 Å². The molecule has 4 heteroatoms. The van der Waals surface area contributed by atoms with Crippen LogP contribution in [0.1, 0.15) is 35.2 Å². The molecule has 17 heavy (non-hydrogen) atoms. The molecule has 0 N–H and O–H groups in total. The van der Waals surface area contributed by atoms with E-state index in [-0.39, 0.29) is 11.5 Å². The zero-order valence-electron chi connectivity index (χ0n) is 9.27. The topological polar surface area (TPSA) is 51.2 Å². The van der Waals surface area contributed by atoms with Crippen LogP contribution in [-0.2, 0) is 15.6 Å². The second-order valence-electron chi connectivity index (χ2n) is 4.50. The highest BCUT2D eigenvalue weighted by Gasteiger charge is 2.34. The number of ketones is 1. The van der Waals surface area contributed by atoms with Gasteiger partial charge in [-0.1, -0.05) is 24.3 Å². The number of fused-ring (bicyclic) bond motifs is 1. The molecule has 0 amide bonds. The molecule has 3 nitrogen and oxygen atoms in total. The maximum absolute atomic E-state index is 12.3. The molecule has 88 valence electrons. The van der Waals surface area contributed by atoms with E-state index in [1.165, 1.54) is 0 Å². The van der Waals surface area contributed by atoms with Gasteiger partial charge in [-0.2, -0.15) is 0 Å². The van der Waals surface area contributed by atoms with Crippen molar-refractivity contribution in [2.45, 2.75) is 25.0 Å². The Labute approximate surface area is 100 Å². The average molecular weight is 248 g/mol. The monoisotopic (exact) mass is 248 g/mol. The summed E-state index contributed by atoms with van der Waals surface area (Å²) in [6.45, 7) is 0. The van der Waals surface area contributed by atoms with Crippen molar-refractivity contribution in [1.29, 1.82) is 0 Å². The molecule has 0 atom stereocenters. The van der Waals surface area contributed by atoms with Crippen LogP contribution in [-0.4, -0.2) is 14.2 Å². The maximum Gasteiger partial charge on any atom is 0.190 e. The summed E-state index contributed by atoms with van der Waals surface area (Å²) >= 11 is 0. The molecule has 0 saturated heterocycles. The maximum atomic E-state index is 12.3. The van der Waals surface area contributed by atoms with Crippen LogP contribution in [0.3, 0.4) is 0 Å². The third-order valence-electron chi connectivity index (χ3n) is 3.42. The summed E-state index contributed by atoms with van der Waals surface area (Å²) in [6.07, 6.45) is 1.90. The van der Waals surface area contributed by atoms with Crippen molar-refractivity contribution < 1.29 is 13.2 Å². The van der Waals surface area contributed by atoms with Gasteiger partial charge in [-0.15, -0.1) is 0 Å². The van der Waals surface area contributed by atoms with Crippen molar-refractivity contribution in [3.05, 3.63) is 45.9 Å². The molecule has 0 saturated carbocycles. The third-order valence-corrected chi connectivity index (χ3v) is 5.32. The Morgan fingerprint density at radius 2 is 1.82 bits per heavy atom. The Morgan fingerprint density at radius 1 is 1.06 bits per heavy atom. The summed E-state index contributed by atoms with van der Waals surface area (Å²) in [4.78, 5) is 12.7. The van der Waals surface area contributed by atoms with Crippen molar-refractivity contribution in [2.75, 3.05) is 0 Å². The van der Waals surface area contributed by atoms with Crippen molar-refractivity contribution >= 4 is 15.6 Å². The van der Waals surface area contributed by atoms with Crippen molar-refractivity contribution in [3.63, 3.8) is 0 Å². The van der Waals surface area contributed by atoms with Gasteiger partial charge in [-0.25, -0.2) is 8.42 Å². The number of Topliss-reactive ketones (excluding diaryl/α,β-unsaturated/α-hetero) is 1. The highest BCUT2D eigenvalue weighted by Crippen LogP contribution is 2.37. The molecular weight excluding hydrogens is 236 g/mol. The number of hydrogen-bond acceptors (Lipinski definition) is 3. The highest BCUT2D eigenvalue weighted by atomic mass is 32.2. The number of carbonyl (C=O) groups excluding carboxylic acids is 1. The van der Waals surface area contributed by atoms with Crippen LogP contribution in [0.25, 0.3) is 0 Å². The Kier molecular flexibility index (Phi) is 2.23. The SMILES string of the molecule is O=C1C2=C(CCC2)S(=O)(=O)Cc2ccccc21. The fourth-order valence-electron chi connectivity index (χ4n) is 2.62. The second-order valence-corrected chi connectivity index (χ2v) is 6.51. The summed E-state index contributed by atoms with van der Waals surface area (Å²) in [5, 5.41) is 0. The summed E-state index contributed by atoms with van der Waals surface area (Å²) in [6, 6.07) is 7.01. The smallest absolute Gasteiger partial charge is 0.190 e. The zero-order chi connectivity index (χ0) is 12.0. The van der Waals surface area contributed by atoms with E-state index in [0.717, 1.165) is 6.42 Å². The van der Waals surface area contributed by atoms with Crippen molar-refractivity contribution in [1.82, 2.24) is 0 Å². The van der Waals surface area contributed by atoms with Crippen molar-refractivity contribution in [2.24, 2.45) is 0 Å². The minimum absolute atomic E-state index is 0.0340. The van der Waals surface area contributed by atoms with E-state index in [1.54, 1.807) is 24.3 Å². The first kappa shape index (κ1) is 10.7. The molecule has 0 bridgehead atoms. The van der Waals surface area contributed by atoms with Gasteiger partial charge in [-0.05, 0) is 24.8 Å². The minimum atomic E-state index is -3.28. The second kappa shape index (κ2) is 3.53. The predicted octanol–water partition coefficient (Wildman–Crippen LogP) is 2.24. The van der Waals surface area contributed by atoms with Crippen LogP contribution in [0.5, 0.6) is 0 Å². The molecule has 0 fully saturated rings. The largest absolute Gasteiger partial charge is 0.289 e. The number of carbonyl (C=O) groups is 1. The van der Waals surface area contributed by atoms with E-state index in [1.807, 2.05) is 0 Å². The molecule has 1 heterocycles. The lowest BCUT2D eigenvalue weighted by Crippen LogP contribution is -2.05. The van der Waals surface area contributed by atoms with Crippen LogP contribution in [0.15, 0.2) is 34.7 Å². The average Bonchev–Trinajstić information content (AvgIpc) is 2.75. The molecular formula is C13H12O3S. The van der Waals surface area contributed by atoms with Gasteiger partial charge in [0.1, 0.15) is 0 Å². The summed E-state index contributed by atoms with van der Waals surface area (Å²) in [7, 11) is -3.28. The molecule has 1 aromatic rings. The molecule has 0 spiro atoms. The summed E-state index contributed by atoms with van der Waals surface area (Å²) in [5.74, 6) is -0.123. The number of allylic oxidation sites excluding steroid dienone is 2. The third kappa shape index (κ3) is 1.55. The van der Waals surface area contributed by atoms with Crippen LogP contribution in [0.4, 0.5) is 0 Å². The van der Waals surface area contributed by atoms with E-state index in [0.29, 0.717) is 34.4 Å². The van der Waals surface area contributed by atoms with Gasteiger partial charge in [0, 0.05) is 11.1 Å². The number of hydrogen-bond donors (Lipinski definition) is 0. The van der Waals surface area contributed by atoms with Crippen LogP contribution < -0.4 is 0 Å². The summed E-state index contributed by atoms with van der Waals surface area (Å²) in [5.41, 5.74) is 1.71. The number of rotatable bonds is 0. The Morgan fingerprint density at radius 3 is 2.65 bits per heavy atom. The minimum Gasteiger partial charge on any atom is -0.289 e. The molecule has 1 aliphatic heterocycles. The van der Waals surface area contributed by atoms with Gasteiger partial charge in [-0.3, -0.25) is 4.79 Å². The molecule has 0 aromatic heterocycles. The standard InChI is InChI=1S/C13H12O3S/c14-13-10-5-2-1-4-9(10)8-17(15,16)12-7-3-6-11(12)13/h1-2,4-5H,3,6-8H2. The van der Waals surface area contributed by atoms with Gasteiger partial charge in [0.2, 0.25) is 0 Å². The van der Waals surface area contributed by atoms with Crippen LogP contribution in [0, 0.1) is 0 Å². The van der Waals surface area contributed by atoms with Gasteiger partial charge in [0.25, 0.3) is 0 Å². The zero-order valence-corrected chi connectivity index (χ0v) is 10.1. The normalized spacial score (nSPS) is 22.0. The van der Waals surface area contributed by atoms with Crippen LogP contribution in [0.2, 0.25) is 0 Å². The molecule has 2 aliphatic rings. The van der Waals surface area contributed by atoms with E-state index in [2.05, 4.69) is 0 Å². The number of benzene rings is 1. The van der Waals surface area contributed by atoms with E-state index in [9.17, 15) is 13.2 Å². The Hall–Kier alpha value is -1.42. The first-order valence-corrected chi connectivity index (χ1v) is 7.32. The Bertz CT molecular complexity index is 638. The van der Waals surface area contributed by atoms with Gasteiger partial charge in [0.15, 0.2) is 15.6 Å². The van der Waals surface area contributed by atoms with Crippen molar-refractivity contribution in [3.8, 4) is 0 Å². The van der Waals surface area contributed by atoms with E-state index >= 15 is 0 Å². The lowest BCUT2D eigenvalue weighted by molar-refractivity contribution is 0.103. The van der Waals surface area contributed by atoms with Gasteiger partial charge in [0.05, 0.1) is 10.7 Å². The first-order chi connectivity index (χ1) is 8.09. The highest BCUT2D eigenvalue weighted by molar-refractivity contribution is 7.94. The van der Waals surface area contributed by atoms with Gasteiger partial charge >= 0.3 is 0 Å². The van der Waals surface area contributed by atoms with E-state index < -0.39 is 9.84 Å². The molecule has 0 radical (unpaired) electrons. The molecule has 1 aliphatic carbocycles. The fraction of sp³-hybridized carbons (Fsp3) is 0.308. The van der Waals surface area contributed by atoms with E-state index in [4.69, 9.17) is 0 Å². The number of sulfone groups is 1. The molecule has 1 aromatic carbocycles. The quantitative estimate of drug-likeness (QED) is 0.707. The molecule has 0 unspecified atom stereocenters. The lowest BCUT2D eigenvalue weighted by Gasteiger charge is -2.05. The molecule has 3 rings (SSSR count). The fourth-order valence-corrected chi connectivity index (χ4v) is 4.48. The predicted molar refractivity (Wildman–Crippen MR) is 64.3 cm³/mol. The Balaban J connectivity index is 2.30. The first-order valence-electron chi connectivity index (χ1n) is 5.67. The van der Waals surface area contributed by atoms with Crippen LogP contribution >= 0.6 is 0 Å². The lowest BCUT2D eigenvalue weighted by atomic mass is 9.99.